The van der Waals surface area contributed by atoms with Gasteiger partial charge in [-0.3, -0.25) is 9.59 Å². The van der Waals surface area contributed by atoms with Crippen molar-refractivity contribution in [2.45, 2.75) is 76.9 Å². The number of ether oxygens (including phenoxy) is 1. The average molecular weight is 453 g/mol. The van der Waals surface area contributed by atoms with E-state index in [1.54, 1.807) is 12.1 Å². The molecule has 2 aliphatic heterocycles. The second-order valence-electron chi connectivity index (χ2n) is 9.13. The highest BCUT2D eigenvalue weighted by atomic mass is 19.1. The largest absolute Gasteiger partial charge is 0.457 e. The quantitative estimate of drug-likeness (QED) is 0.581. The number of rotatable bonds is 7. The molecule has 0 spiro atoms. The number of hydrogen-bond acceptors (Lipinski definition) is 3. The number of benzene rings is 2. The summed E-state index contributed by atoms with van der Waals surface area (Å²) in [4.78, 5) is 28.3. The third-order valence-corrected chi connectivity index (χ3v) is 7.05. The Hall–Kier alpha value is -2.89. The van der Waals surface area contributed by atoms with Crippen LogP contribution in [0.3, 0.4) is 0 Å². The molecule has 0 saturated carbocycles. The van der Waals surface area contributed by atoms with Crippen LogP contribution in [0.5, 0.6) is 11.5 Å². The molecule has 0 unspecified atom stereocenters. The summed E-state index contributed by atoms with van der Waals surface area (Å²) >= 11 is 0. The van der Waals surface area contributed by atoms with Crippen LogP contribution in [-0.2, 0) is 9.59 Å². The van der Waals surface area contributed by atoms with Crippen LogP contribution in [0.25, 0.3) is 0 Å². The second-order valence-corrected chi connectivity index (χ2v) is 9.13. The van der Waals surface area contributed by atoms with E-state index in [-0.39, 0.29) is 35.6 Å². The molecule has 3 atom stereocenters. The Morgan fingerprint density at radius 3 is 2.55 bits per heavy atom. The zero-order valence-corrected chi connectivity index (χ0v) is 19.4. The molecule has 0 aromatic heterocycles. The van der Waals surface area contributed by atoms with Gasteiger partial charge in [0.25, 0.3) is 0 Å². The van der Waals surface area contributed by atoms with Crippen molar-refractivity contribution in [3.8, 4) is 11.5 Å². The van der Waals surface area contributed by atoms with E-state index < -0.39 is 6.04 Å². The summed E-state index contributed by atoms with van der Waals surface area (Å²) in [5.74, 6) is 0.882. The fourth-order valence-electron chi connectivity index (χ4n) is 5.20. The normalized spacial score (nSPS) is 22.7. The molecular weight excluding hydrogens is 419 g/mol. The van der Waals surface area contributed by atoms with Crippen molar-refractivity contribution in [1.29, 1.82) is 0 Å². The molecule has 2 amide bonds. The minimum Gasteiger partial charge on any atom is -0.457 e. The fraction of sp³-hybridized carbons (Fsp3) is 0.481. The third kappa shape index (κ3) is 5.21. The first kappa shape index (κ1) is 23.3. The van der Waals surface area contributed by atoms with Crippen LogP contribution < -0.4 is 10.1 Å². The highest BCUT2D eigenvalue weighted by Crippen LogP contribution is 2.41. The molecule has 176 valence electrons. The molecule has 33 heavy (non-hydrogen) atoms. The van der Waals surface area contributed by atoms with E-state index in [1.807, 2.05) is 43.0 Å². The van der Waals surface area contributed by atoms with E-state index >= 15 is 0 Å². The number of nitrogens with zero attached hydrogens (tertiary/aromatic N) is 1. The molecule has 4 rings (SSSR count). The Bertz CT molecular complexity index is 974. The molecule has 2 heterocycles. The highest BCUT2D eigenvalue weighted by Gasteiger charge is 2.42. The van der Waals surface area contributed by atoms with E-state index in [0.717, 1.165) is 44.1 Å². The molecule has 5 nitrogen and oxygen atoms in total. The molecule has 2 saturated heterocycles. The van der Waals surface area contributed by atoms with Gasteiger partial charge in [-0.1, -0.05) is 26.0 Å². The van der Waals surface area contributed by atoms with Gasteiger partial charge in [-0.2, -0.15) is 0 Å². The van der Waals surface area contributed by atoms with Crippen molar-refractivity contribution in [2.75, 3.05) is 0 Å². The number of fused-ring (bicyclic) bond motifs is 1. The van der Waals surface area contributed by atoms with Gasteiger partial charge in [0, 0.05) is 12.0 Å². The Kier molecular flexibility index (Phi) is 7.31. The Labute approximate surface area is 195 Å². The summed E-state index contributed by atoms with van der Waals surface area (Å²) in [6, 6.07) is 13.4. The summed E-state index contributed by atoms with van der Waals surface area (Å²) in [7, 11) is 0. The van der Waals surface area contributed by atoms with Crippen LogP contribution in [0.4, 0.5) is 4.39 Å². The molecule has 0 aliphatic carbocycles. The number of hydrogen-bond donors (Lipinski definition) is 1. The van der Waals surface area contributed by atoms with Crippen molar-refractivity contribution in [3.63, 3.8) is 0 Å². The first-order valence-corrected chi connectivity index (χ1v) is 12.2. The summed E-state index contributed by atoms with van der Waals surface area (Å²) in [6.45, 7) is 4.02. The number of carbonyl (C=O) groups excluding carboxylic acids is 2. The maximum Gasteiger partial charge on any atom is 0.245 e. The third-order valence-electron chi connectivity index (χ3n) is 7.05. The van der Waals surface area contributed by atoms with Gasteiger partial charge >= 0.3 is 0 Å². The molecule has 2 aromatic carbocycles. The summed E-state index contributed by atoms with van der Waals surface area (Å²) in [6.07, 6.45) is 6.00. The fourth-order valence-corrected chi connectivity index (χ4v) is 5.20. The molecule has 1 N–H and O–H groups in total. The maximum absolute atomic E-state index is 13.6. The standard InChI is InChI=1S/C27H33FN2O3/c1-3-18(4-2)26(31)29-24-10-6-8-21-13-16-25(30(21)27(24)32)19-7-5-9-23(17-19)33-22-14-11-20(28)12-15-22/h5,7,9,11-12,14-15,17-18,21,24-25H,3-4,6,8,10,13,16H2,1-2H3,(H,29,31)/t21-,24-,25-/m0/s1. The zero-order chi connectivity index (χ0) is 23.4. The van der Waals surface area contributed by atoms with Crippen molar-refractivity contribution in [1.82, 2.24) is 10.2 Å². The van der Waals surface area contributed by atoms with Gasteiger partial charge in [0.2, 0.25) is 11.8 Å². The van der Waals surface area contributed by atoms with Crippen LogP contribution in [0.1, 0.15) is 70.4 Å². The van der Waals surface area contributed by atoms with E-state index in [2.05, 4.69) is 5.32 Å². The minimum absolute atomic E-state index is 0.0118. The number of halogens is 1. The lowest BCUT2D eigenvalue weighted by Gasteiger charge is -2.32. The van der Waals surface area contributed by atoms with E-state index in [4.69, 9.17) is 4.74 Å². The first-order chi connectivity index (χ1) is 16.0. The molecular formula is C27H33FN2O3. The van der Waals surface area contributed by atoms with Crippen LogP contribution in [0.15, 0.2) is 48.5 Å². The van der Waals surface area contributed by atoms with Crippen LogP contribution in [0, 0.1) is 11.7 Å². The van der Waals surface area contributed by atoms with E-state index in [9.17, 15) is 14.0 Å². The lowest BCUT2D eigenvalue weighted by atomic mass is 10.00. The van der Waals surface area contributed by atoms with E-state index in [1.165, 1.54) is 12.1 Å². The Morgan fingerprint density at radius 1 is 1.06 bits per heavy atom. The molecule has 2 aromatic rings. The van der Waals surface area contributed by atoms with Gasteiger partial charge in [0.1, 0.15) is 23.4 Å². The maximum atomic E-state index is 13.6. The molecule has 0 radical (unpaired) electrons. The number of nitrogens with one attached hydrogen (secondary N) is 1. The van der Waals surface area contributed by atoms with Crippen molar-refractivity contribution < 1.29 is 18.7 Å². The van der Waals surface area contributed by atoms with Gasteiger partial charge in [0.15, 0.2) is 0 Å². The summed E-state index contributed by atoms with van der Waals surface area (Å²) in [5, 5.41) is 3.06. The first-order valence-electron chi connectivity index (χ1n) is 12.2. The van der Waals surface area contributed by atoms with Crippen LogP contribution in [0.2, 0.25) is 0 Å². The summed E-state index contributed by atoms with van der Waals surface area (Å²) in [5.41, 5.74) is 1.03. The lowest BCUT2D eigenvalue weighted by molar-refractivity contribution is -0.139. The van der Waals surface area contributed by atoms with Gasteiger partial charge in [0.05, 0.1) is 6.04 Å². The lowest BCUT2D eigenvalue weighted by Crippen LogP contribution is -2.50. The van der Waals surface area contributed by atoms with Gasteiger partial charge in [-0.05, 0) is 86.9 Å². The monoisotopic (exact) mass is 452 g/mol. The van der Waals surface area contributed by atoms with E-state index in [0.29, 0.717) is 17.9 Å². The second kappa shape index (κ2) is 10.4. The molecule has 2 fully saturated rings. The molecule has 2 aliphatic rings. The Balaban J connectivity index is 1.52. The van der Waals surface area contributed by atoms with Gasteiger partial charge in [-0.25, -0.2) is 4.39 Å². The minimum atomic E-state index is -0.456. The highest BCUT2D eigenvalue weighted by molar-refractivity contribution is 5.89. The molecule has 0 bridgehead atoms. The topological polar surface area (TPSA) is 58.6 Å². The average Bonchev–Trinajstić information content (AvgIpc) is 3.18. The number of carbonyl (C=O) groups is 2. The van der Waals surface area contributed by atoms with Gasteiger partial charge in [-0.15, -0.1) is 0 Å². The van der Waals surface area contributed by atoms with Crippen molar-refractivity contribution in [3.05, 3.63) is 59.9 Å². The summed E-state index contributed by atoms with van der Waals surface area (Å²) < 4.78 is 19.1. The van der Waals surface area contributed by atoms with Crippen molar-refractivity contribution in [2.24, 2.45) is 5.92 Å². The van der Waals surface area contributed by atoms with Crippen LogP contribution >= 0.6 is 0 Å². The predicted octanol–water partition coefficient (Wildman–Crippen LogP) is 5.76. The Morgan fingerprint density at radius 2 is 1.82 bits per heavy atom. The SMILES string of the molecule is CCC(CC)C(=O)N[C@H]1CCC[C@H]2CC[C@@H](c3cccc(Oc4ccc(F)cc4)c3)N2C1=O. The predicted molar refractivity (Wildman–Crippen MR) is 125 cm³/mol. The smallest absolute Gasteiger partial charge is 0.245 e. The zero-order valence-electron chi connectivity index (χ0n) is 19.4. The number of amides is 2. The van der Waals surface area contributed by atoms with Crippen LogP contribution in [-0.4, -0.2) is 28.8 Å². The van der Waals surface area contributed by atoms with Crippen molar-refractivity contribution >= 4 is 11.8 Å². The molecule has 6 heteroatoms. The van der Waals surface area contributed by atoms with Gasteiger partial charge < -0.3 is 15.0 Å².